The van der Waals surface area contributed by atoms with Crippen molar-refractivity contribution in [3.63, 3.8) is 0 Å². The summed E-state index contributed by atoms with van der Waals surface area (Å²) in [5.74, 6) is -0.321. The molecule has 0 heterocycles. The minimum absolute atomic E-state index is 0.204. The number of methoxy groups -OCH3 is 2. The molecule has 1 aromatic rings. The Bertz CT molecular complexity index is 453. The molecule has 0 bridgehead atoms. The Morgan fingerprint density at radius 3 is 2.53 bits per heavy atom. The minimum atomic E-state index is -0.445. The highest BCUT2D eigenvalue weighted by Gasteiger charge is 2.18. The standard InChI is InChI=1S/C14H18O5/c1-4-19-14(16)13-10(8-9-12(15)18-3)6-5-7-11(13)17-2/h5-7H,4,8-9H2,1-3H3. The highest BCUT2D eigenvalue weighted by Crippen LogP contribution is 2.24. The molecule has 5 heteroatoms. The van der Waals surface area contributed by atoms with E-state index in [1.807, 2.05) is 0 Å². The predicted octanol–water partition coefficient (Wildman–Crippen LogP) is 1.98. The molecule has 1 aromatic carbocycles. The van der Waals surface area contributed by atoms with Crippen molar-refractivity contribution < 1.29 is 23.8 Å². The number of aryl methyl sites for hydroxylation is 1. The molecule has 0 spiro atoms. The van der Waals surface area contributed by atoms with Gasteiger partial charge in [-0.25, -0.2) is 4.79 Å². The highest BCUT2D eigenvalue weighted by molar-refractivity contribution is 5.94. The van der Waals surface area contributed by atoms with Gasteiger partial charge in [0.2, 0.25) is 0 Å². The van der Waals surface area contributed by atoms with E-state index in [0.29, 0.717) is 23.3 Å². The Kier molecular flexibility index (Phi) is 5.85. The lowest BCUT2D eigenvalue weighted by Crippen LogP contribution is -2.11. The molecule has 0 N–H and O–H groups in total. The third-order valence-electron chi connectivity index (χ3n) is 2.64. The van der Waals surface area contributed by atoms with Crippen LogP contribution in [0.3, 0.4) is 0 Å². The zero-order chi connectivity index (χ0) is 14.3. The van der Waals surface area contributed by atoms with E-state index in [4.69, 9.17) is 9.47 Å². The Balaban J connectivity index is 3.01. The summed E-state index contributed by atoms with van der Waals surface area (Å²) in [5, 5.41) is 0. The first-order valence-electron chi connectivity index (χ1n) is 6.03. The molecular formula is C14H18O5. The highest BCUT2D eigenvalue weighted by atomic mass is 16.5. The Morgan fingerprint density at radius 2 is 1.95 bits per heavy atom. The largest absolute Gasteiger partial charge is 0.496 e. The first-order chi connectivity index (χ1) is 9.13. The average Bonchev–Trinajstić information content (AvgIpc) is 2.44. The summed E-state index contributed by atoms with van der Waals surface area (Å²) in [7, 11) is 2.82. The molecule has 0 aliphatic carbocycles. The topological polar surface area (TPSA) is 61.8 Å². The van der Waals surface area contributed by atoms with E-state index in [-0.39, 0.29) is 19.0 Å². The van der Waals surface area contributed by atoms with Crippen molar-refractivity contribution >= 4 is 11.9 Å². The molecule has 0 fully saturated rings. The van der Waals surface area contributed by atoms with Crippen LogP contribution in [0.25, 0.3) is 0 Å². The number of rotatable bonds is 6. The molecule has 0 aliphatic heterocycles. The molecule has 0 aromatic heterocycles. The molecule has 0 aliphatic rings. The van der Waals surface area contributed by atoms with Gasteiger partial charge in [0.15, 0.2) is 0 Å². The van der Waals surface area contributed by atoms with Crippen LogP contribution in [0.1, 0.15) is 29.3 Å². The second-order valence-corrected chi connectivity index (χ2v) is 3.79. The fourth-order valence-electron chi connectivity index (χ4n) is 1.73. The van der Waals surface area contributed by atoms with Crippen molar-refractivity contribution in [3.05, 3.63) is 29.3 Å². The van der Waals surface area contributed by atoms with E-state index in [0.717, 1.165) is 0 Å². The molecule has 5 nitrogen and oxygen atoms in total. The summed E-state index contributed by atoms with van der Waals surface area (Å²) in [6.45, 7) is 2.02. The first-order valence-corrected chi connectivity index (χ1v) is 6.03. The van der Waals surface area contributed by atoms with Gasteiger partial charge in [-0.05, 0) is 25.0 Å². The maximum Gasteiger partial charge on any atom is 0.342 e. The fraction of sp³-hybridized carbons (Fsp3) is 0.429. The quantitative estimate of drug-likeness (QED) is 0.737. The summed E-state index contributed by atoms with van der Waals surface area (Å²) >= 11 is 0. The number of benzene rings is 1. The fourth-order valence-corrected chi connectivity index (χ4v) is 1.73. The number of hydrogen-bond donors (Lipinski definition) is 0. The summed E-state index contributed by atoms with van der Waals surface area (Å²) in [5.41, 5.74) is 1.08. The second-order valence-electron chi connectivity index (χ2n) is 3.79. The van der Waals surface area contributed by atoms with E-state index < -0.39 is 5.97 Å². The Labute approximate surface area is 112 Å². The summed E-state index contributed by atoms with van der Waals surface area (Å²) in [6.07, 6.45) is 0.605. The van der Waals surface area contributed by atoms with E-state index in [1.165, 1.54) is 14.2 Å². The molecule has 0 saturated heterocycles. The van der Waals surface area contributed by atoms with Crippen molar-refractivity contribution in [3.8, 4) is 5.75 Å². The van der Waals surface area contributed by atoms with E-state index >= 15 is 0 Å². The van der Waals surface area contributed by atoms with Gasteiger partial charge in [0.25, 0.3) is 0 Å². The van der Waals surface area contributed by atoms with Crippen LogP contribution in [0.5, 0.6) is 5.75 Å². The van der Waals surface area contributed by atoms with Crippen molar-refractivity contribution in [2.75, 3.05) is 20.8 Å². The Hall–Kier alpha value is -2.04. The van der Waals surface area contributed by atoms with Crippen molar-refractivity contribution in [1.82, 2.24) is 0 Å². The zero-order valence-corrected chi connectivity index (χ0v) is 11.4. The number of carbonyl (C=O) groups excluding carboxylic acids is 2. The van der Waals surface area contributed by atoms with Gasteiger partial charge < -0.3 is 14.2 Å². The maximum atomic E-state index is 11.9. The molecule has 19 heavy (non-hydrogen) atoms. The molecule has 0 unspecified atom stereocenters. The van der Waals surface area contributed by atoms with Crippen LogP contribution in [-0.4, -0.2) is 32.8 Å². The van der Waals surface area contributed by atoms with Crippen LogP contribution in [0.2, 0.25) is 0 Å². The monoisotopic (exact) mass is 266 g/mol. The number of carbonyl (C=O) groups is 2. The zero-order valence-electron chi connectivity index (χ0n) is 11.4. The van der Waals surface area contributed by atoms with Crippen molar-refractivity contribution in [2.24, 2.45) is 0 Å². The summed E-state index contributed by atoms with van der Waals surface area (Å²) in [6, 6.07) is 5.24. The van der Waals surface area contributed by atoms with Gasteiger partial charge in [0.05, 0.1) is 20.8 Å². The second kappa shape index (κ2) is 7.41. The normalized spacial score (nSPS) is 9.84. The van der Waals surface area contributed by atoms with Crippen LogP contribution in [0.15, 0.2) is 18.2 Å². The molecule has 0 saturated carbocycles. The van der Waals surface area contributed by atoms with Crippen LogP contribution >= 0.6 is 0 Å². The van der Waals surface area contributed by atoms with Crippen LogP contribution in [0, 0.1) is 0 Å². The van der Waals surface area contributed by atoms with Gasteiger partial charge >= 0.3 is 11.9 Å². The average molecular weight is 266 g/mol. The van der Waals surface area contributed by atoms with Crippen molar-refractivity contribution in [2.45, 2.75) is 19.8 Å². The molecule has 104 valence electrons. The van der Waals surface area contributed by atoms with Crippen LogP contribution in [0.4, 0.5) is 0 Å². The number of ether oxygens (including phenoxy) is 3. The molecule has 1 rings (SSSR count). The number of hydrogen-bond acceptors (Lipinski definition) is 5. The first kappa shape index (κ1) is 15.0. The van der Waals surface area contributed by atoms with Gasteiger partial charge in [0, 0.05) is 6.42 Å². The molecule has 0 atom stereocenters. The van der Waals surface area contributed by atoms with Gasteiger partial charge in [-0.15, -0.1) is 0 Å². The van der Waals surface area contributed by atoms with Gasteiger partial charge in [0.1, 0.15) is 11.3 Å². The third-order valence-corrected chi connectivity index (χ3v) is 2.64. The lowest BCUT2D eigenvalue weighted by Gasteiger charge is -2.12. The summed E-state index contributed by atoms with van der Waals surface area (Å²) < 4.78 is 14.8. The van der Waals surface area contributed by atoms with E-state index in [9.17, 15) is 9.59 Å². The SMILES string of the molecule is CCOC(=O)c1c(CCC(=O)OC)cccc1OC. The smallest absolute Gasteiger partial charge is 0.342 e. The lowest BCUT2D eigenvalue weighted by molar-refractivity contribution is -0.140. The molecule has 0 amide bonds. The van der Waals surface area contributed by atoms with Gasteiger partial charge in [-0.1, -0.05) is 12.1 Å². The summed E-state index contributed by atoms with van der Waals surface area (Å²) in [4.78, 5) is 23.1. The molecule has 0 radical (unpaired) electrons. The Morgan fingerprint density at radius 1 is 1.21 bits per heavy atom. The van der Waals surface area contributed by atoms with Crippen LogP contribution < -0.4 is 4.74 Å². The lowest BCUT2D eigenvalue weighted by atomic mass is 10.0. The number of esters is 2. The van der Waals surface area contributed by atoms with Crippen LogP contribution in [-0.2, 0) is 20.7 Å². The van der Waals surface area contributed by atoms with Gasteiger partial charge in [-0.3, -0.25) is 4.79 Å². The van der Waals surface area contributed by atoms with Gasteiger partial charge in [-0.2, -0.15) is 0 Å². The minimum Gasteiger partial charge on any atom is -0.496 e. The van der Waals surface area contributed by atoms with E-state index in [1.54, 1.807) is 25.1 Å². The molecular weight excluding hydrogens is 248 g/mol. The predicted molar refractivity (Wildman–Crippen MR) is 69.3 cm³/mol. The van der Waals surface area contributed by atoms with E-state index in [2.05, 4.69) is 4.74 Å². The third kappa shape index (κ3) is 3.98. The maximum absolute atomic E-state index is 11.9. The van der Waals surface area contributed by atoms with Crippen molar-refractivity contribution in [1.29, 1.82) is 0 Å².